The van der Waals surface area contributed by atoms with E-state index in [0.717, 1.165) is 31.7 Å². The second kappa shape index (κ2) is 5.98. The number of thiophene rings is 1. The first kappa shape index (κ1) is 14.4. The Morgan fingerprint density at radius 2 is 2.21 bits per heavy atom. The van der Waals surface area contributed by atoms with Gasteiger partial charge in [0.15, 0.2) is 0 Å². The number of piperidine rings is 1. The van der Waals surface area contributed by atoms with Crippen LogP contribution in [0.15, 0.2) is 11.4 Å². The Labute approximate surface area is 117 Å². The quantitative estimate of drug-likeness (QED) is 0.666. The van der Waals surface area contributed by atoms with Gasteiger partial charge in [-0.15, -0.1) is 0 Å². The maximum Gasteiger partial charge on any atom is 0.324 e. The molecule has 1 aromatic rings. The van der Waals surface area contributed by atoms with E-state index in [0.29, 0.717) is 5.41 Å². The third-order valence-corrected chi connectivity index (χ3v) is 4.82. The van der Waals surface area contributed by atoms with Crippen molar-refractivity contribution in [1.82, 2.24) is 10.2 Å². The molecule has 2 heterocycles. The average molecular weight is 283 g/mol. The van der Waals surface area contributed by atoms with Gasteiger partial charge in [-0.3, -0.25) is 10.1 Å². The summed E-state index contributed by atoms with van der Waals surface area (Å²) in [5.41, 5.74) is 1.36. The van der Waals surface area contributed by atoms with Gasteiger partial charge in [-0.25, -0.2) is 0 Å². The fraction of sp³-hybridized carbons (Fsp3) is 0.692. The highest BCUT2D eigenvalue weighted by Crippen LogP contribution is 2.29. The molecular formula is C13H21N3O2S. The summed E-state index contributed by atoms with van der Waals surface area (Å²) in [5, 5.41) is 16.1. The Kier molecular flexibility index (Phi) is 4.54. The molecule has 0 amide bonds. The van der Waals surface area contributed by atoms with E-state index in [-0.39, 0.29) is 9.92 Å². The molecule has 0 atom stereocenters. The van der Waals surface area contributed by atoms with Crippen LogP contribution in [0.2, 0.25) is 0 Å². The number of hydrogen-bond acceptors (Lipinski definition) is 5. The van der Waals surface area contributed by atoms with Gasteiger partial charge >= 0.3 is 5.00 Å². The van der Waals surface area contributed by atoms with Crippen molar-refractivity contribution in [2.45, 2.75) is 26.3 Å². The molecule has 1 saturated heterocycles. The first-order valence-electron chi connectivity index (χ1n) is 6.60. The maximum atomic E-state index is 10.6. The van der Waals surface area contributed by atoms with Crippen molar-refractivity contribution in [3.8, 4) is 0 Å². The Morgan fingerprint density at radius 3 is 2.79 bits per heavy atom. The summed E-state index contributed by atoms with van der Waals surface area (Å²) in [4.78, 5) is 12.6. The topological polar surface area (TPSA) is 58.4 Å². The molecule has 1 N–H and O–H groups in total. The molecule has 1 fully saturated rings. The second-order valence-corrected chi connectivity index (χ2v) is 6.66. The van der Waals surface area contributed by atoms with Crippen LogP contribution in [0.1, 0.15) is 25.3 Å². The predicted molar refractivity (Wildman–Crippen MR) is 77.5 cm³/mol. The minimum Gasteiger partial charge on any atom is -0.312 e. The van der Waals surface area contributed by atoms with Crippen LogP contribution in [-0.4, -0.2) is 36.5 Å². The number of likely N-dealkylation sites (tertiary alicyclic amines) is 1. The van der Waals surface area contributed by atoms with E-state index in [2.05, 4.69) is 24.2 Å². The molecule has 19 heavy (non-hydrogen) atoms. The first-order chi connectivity index (χ1) is 8.98. The summed E-state index contributed by atoms with van der Waals surface area (Å²) < 4.78 is 0. The summed E-state index contributed by atoms with van der Waals surface area (Å²) in [5.74, 6) is 0. The molecule has 0 aliphatic carbocycles. The fourth-order valence-electron chi connectivity index (χ4n) is 2.39. The zero-order valence-electron chi connectivity index (χ0n) is 11.5. The molecule has 0 aromatic carbocycles. The van der Waals surface area contributed by atoms with Gasteiger partial charge in [-0.05, 0) is 44.0 Å². The molecule has 1 aromatic heterocycles. The van der Waals surface area contributed by atoms with Crippen LogP contribution < -0.4 is 5.32 Å². The SMILES string of the molecule is CN1CCC(C)(CNCc2csc([N+](=O)[O-])c2)CC1. The molecule has 1 aliphatic rings. The average Bonchev–Trinajstić information content (AvgIpc) is 2.82. The largest absolute Gasteiger partial charge is 0.324 e. The number of nitrogens with zero attached hydrogens (tertiary/aromatic N) is 2. The lowest BCUT2D eigenvalue weighted by molar-refractivity contribution is -0.380. The normalized spacial score (nSPS) is 19.5. The molecule has 0 unspecified atom stereocenters. The van der Waals surface area contributed by atoms with Gasteiger partial charge in [0.1, 0.15) is 0 Å². The molecule has 0 radical (unpaired) electrons. The van der Waals surface area contributed by atoms with Crippen LogP contribution in [-0.2, 0) is 6.54 Å². The van der Waals surface area contributed by atoms with Crippen LogP contribution in [0.25, 0.3) is 0 Å². The van der Waals surface area contributed by atoms with Crippen molar-refractivity contribution in [3.63, 3.8) is 0 Å². The van der Waals surface area contributed by atoms with Gasteiger partial charge in [0, 0.05) is 24.5 Å². The molecular weight excluding hydrogens is 262 g/mol. The van der Waals surface area contributed by atoms with Gasteiger partial charge in [0.25, 0.3) is 0 Å². The Morgan fingerprint density at radius 1 is 1.53 bits per heavy atom. The van der Waals surface area contributed by atoms with E-state index in [9.17, 15) is 10.1 Å². The van der Waals surface area contributed by atoms with Crippen molar-refractivity contribution in [2.24, 2.45) is 5.41 Å². The minimum atomic E-state index is -0.327. The number of nitrogens with one attached hydrogen (secondary N) is 1. The zero-order chi connectivity index (χ0) is 13.9. The summed E-state index contributed by atoms with van der Waals surface area (Å²) in [6, 6.07) is 1.66. The molecule has 106 valence electrons. The van der Waals surface area contributed by atoms with Gasteiger partial charge in [0.2, 0.25) is 0 Å². The minimum absolute atomic E-state index is 0.224. The second-order valence-electron chi connectivity index (χ2n) is 5.77. The molecule has 0 bridgehead atoms. The number of nitro groups is 1. The molecule has 0 spiro atoms. The van der Waals surface area contributed by atoms with Gasteiger partial charge in [-0.1, -0.05) is 18.3 Å². The fourth-order valence-corrected chi connectivity index (χ4v) is 3.12. The van der Waals surface area contributed by atoms with Gasteiger partial charge in [-0.2, -0.15) is 0 Å². The summed E-state index contributed by atoms with van der Waals surface area (Å²) in [7, 11) is 2.16. The lowest BCUT2D eigenvalue weighted by Gasteiger charge is -2.38. The van der Waals surface area contributed by atoms with E-state index in [1.54, 1.807) is 6.07 Å². The molecule has 1 aliphatic heterocycles. The Bertz CT molecular complexity index is 439. The highest BCUT2D eigenvalue weighted by Gasteiger charge is 2.28. The first-order valence-corrected chi connectivity index (χ1v) is 7.48. The Balaban J connectivity index is 1.78. The third kappa shape index (κ3) is 3.99. The highest BCUT2D eigenvalue weighted by atomic mass is 32.1. The monoisotopic (exact) mass is 283 g/mol. The van der Waals surface area contributed by atoms with E-state index in [4.69, 9.17) is 0 Å². The molecule has 2 rings (SSSR count). The van der Waals surface area contributed by atoms with Crippen molar-refractivity contribution >= 4 is 16.3 Å². The lowest BCUT2D eigenvalue weighted by Crippen LogP contribution is -2.41. The zero-order valence-corrected chi connectivity index (χ0v) is 12.3. The highest BCUT2D eigenvalue weighted by molar-refractivity contribution is 7.13. The smallest absolute Gasteiger partial charge is 0.312 e. The van der Waals surface area contributed by atoms with Gasteiger partial charge < -0.3 is 10.2 Å². The van der Waals surface area contributed by atoms with E-state index < -0.39 is 0 Å². The molecule has 6 heteroatoms. The number of hydrogen-bond donors (Lipinski definition) is 1. The van der Waals surface area contributed by atoms with Crippen molar-refractivity contribution in [2.75, 3.05) is 26.7 Å². The summed E-state index contributed by atoms with van der Waals surface area (Å²) in [6.07, 6.45) is 2.42. The third-order valence-electron chi connectivity index (χ3n) is 3.89. The Hall–Kier alpha value is -0.980. The lowest BCUT2D eigenvalue weighted by atomic mass is 9.80. The summed E-state index contributed by atoms with van der Waals surface area (Å²) in [6.45, 7) is 6.33. The van der Waals surface area contributed by atoms with Crippen molar-refractivity contribution < 1.29 is 4.92 Å². The van der Waals surface area contributed by atoms with Crippen LogP contribution >= 0.6 is 11.3 Å². The van der Waals surface area contributed by atoms with Crippen LogP contribution in [0.4, 0.5) is 5.00 Å². The van der Waals surface area contributed by atoms with Crippen LogP contribution in [0.3, 0.4) is 0 Å². The maximum absolute atomic E-state index is 10.6. The predicted octanol–water partition coefficient (Wildman–Crippen LogP) is 2.48. The van der Waals surface area contributed by atoms with Crippen LogP contribution in [0.5, 0.6) is 0 Å². The molecule has 5 nitrogen and oxygen atoms in total. The van der Waals surface area contributed by atoms with Crippen molar-refractivity contribution in [3.05, 3.63) is 27.1 Å². The standard InChI is InChI=1S/C13H21N3O2S/c1-13(3-5-15(2)6-4-13)10-14-8-11-7-12(16(17)18)19-9-11/h7,9,14H,3-6,8,10H2,1-2H3. The number of rotatable bonds is 5. The van der Waals surface area contributed by atoms with Crippen molar-refractivity contribution in [1.29, 1.82) is 0 Å². The van der Waals surface area contributed by atoms with Crippen LogP contribution in [0, 0.1) is 15.5 Å². The van der Waals surface area contributed by atoms with Gasteiger partial charge in [0.05, 0.1) is 4.92 Å². The summed E-state index contributed by atoms with van der Waals surface area (Å²) >= 11 is 1.20. The van der Waals surface area contributed by atoms with E-state index in [1.807, 2.05) is 5.38 Å². The molecule has 0 saturated carbocycles. The van der Waals surface area contributed by atoms with E-state index in [1.165, 1.54) is 24.2 Å². The van der Waals surface area contributed by atoms with E-state index >= 15 is 0 Å².